The van der Waals surface area contributed by atoms with Crippen LogP contribution in [0, 0.1) is 6.92 Å². The van der Waals surface area contributed by atoms with E-state index in [-0.39, 0.29) is 23.2 Å². The van der Waals surface area contributed by atoms with Gasteiger partial charge in [0.05, 0.1) is 18.1 Å². The zero-order chi connectivity index (χ0) is 19.4. The molecule has 0 spiro atoms. The summed E-state index contributed by atoms with van der Waals surface area (Å²) in [6, 6.07) is 13.5. The molecular formula is C22H18O5. The lowest BCUT2D eigenvalue weighted by Crippen LogP contribution is -2.08. The van der Waals surface area contributed by atoms with Crippen molar-refractivity contribution < 1.29 is 18.7 Å². The summed E-state index contributed by atoms with van der Waals surface area (Å²) < 4.78 is 10.8. The van der Waals surface area contributed by atoms with Gasteiger partial charge in [0.2, 0.25) is 0 Å². The molecule has 0 amide bonds. The van der Waals surface area contributed by atoms with Crippen LogP contribution >= 0.6 is 0 Å². The molecule has 2 aromatic carbocycles. The van der Waals surface area contributed by atoms with E-state index in [4.69, 9.17) is 9.15 Å². The molecule has 0 atom stereocenters. The molecule has 0 radical (unpaired) electrons. The zero-order valence-electron chi connectivity index (χ0n) is 15.0. The fraction of sp³-hybridized carbons (Fsp3) is 0.136. The number of methoxy groups -OCH3 is 1. The molecule has 0 N–H and O–H groups in total. The number of benzene rings is 2. The average Bonchev–Trinajstić information content (AvgIpc) is 2.66. The number of hydrogen-bond donors (Lipinski definition) is 0. The molecule has 3 aromatic rings. The minimum atomic E-state index is -0.317. The van der Waals surface area contributed by atoms with Gasteiger partial charge < -0.3 is 9.15 Å². The summed E-state index contributed by atoms with van der Waals surface area (Å²) in [6.45, 7) is 1.68. The number of rotatable bonds is 6. The maximum atomic E-state index is 12.5. The van der Waals surface area contributed by atoms with Gasteiger partial charge >= 0.3 is 0 Å². The first-order valence-electron chi connectivity index (χ1n) is 8.38. The van der Waals surface area contributed by atoms with E-state index < -0.39 is 0 Å². The van der Waals surface area contributed by atoms with E-state index in [0.717, 1.165) is 5.56 Å². The molecule has 5 heteroatoms. The van der Waals surface area contributed by atoms with E-state index in [1.807, 2.05) is 0 Å². The molecule has 0 aliphatic rings. The van der Waals surface area contributed by atoms with Crippen LogP contribution in [0.3, 0.4) is 0 Å². The number of carbonyl (C=O) groups excluding carboxylic acids is 2. The minimum Gasteiger partial charge on any atom is -0.497 e. The molecule has 3 rings (SSSR count). The van der Waals surface area contributed by atoms with E-state index in [9.17, 15) is 14.4 Å². The van der Waals surface area contributed by atoms with Gasteiger partial charge in [0.15, 0.2) is 17.5 Å². The minimum absolute atomic E-state index is 0.0162. The second kappa shape index (κ2) is 7.83. The zero-order valence-corrected chi connectivity index (χ0v) is 15.0. The van der Waals surface area contributed by atoms with Crippen molar-refractivity contribution in [2.45, 2.75) is 13.3 Å². The predicted octanol–water partition coefficient (Wildman–Crippen LogP) is 3.50. The second-order valence-electron chi connectivity index (χ2n) is 6.11. The van der Waals surface area contributed by atoms with E-state index in [1.165, 1.54) is 12.1 Å². The summed E-state index contributed by atoms with van der Waals surface area (Å²) in [4.78, 5) is 36.2. The van der Waals surface area contributed by atoms with Gasteiger partial charge in [-0.25, -0.2) is 0 Å². The predicted molar refractivity (Wildman–Crippen MR) is 103 cm³/mol. The Kier molecular flexibility index (Phi) is 5.31. The highest BCUT2D eigenvalue weighted by atomic mass is 16.5. The summed E-state index contributed by atoms with van der Waals surface area (Å²) >= 11 is 0. The molecule has 0 saturated heterocycles. The van der Waals surface area contributed by atoms with E-state index >= 15 is 0 Å². The third-order valence-corrected chi connectivity index (χ3v) is 4.19. The van der Waals surface area contributed by atoms with Crippen LogP contribution in [-0.4, -0.2) is 19.2 Å². The summed E-state index contributed by atoms with van der Waals surface area (Å²) in [5.41, 5.74) is 1.50. The van der Waals surface area contributed by atoms with Crippen molar-refractivity contribution in [1.82, 2.24) is 0 Å². The van der Waals surface area contributed by atoms with Crippen LogP contribution < -0.4 is 10.2 Å². The highest BCUT2D eigenvalue weighted by Gasteiger charge is 2.13. The normalized spacial score (nSPS) is 11.4. The highest BCUT2D eigenvalue weighted by molar-refractivity contribution is 6.16. The number of aryl methyl sites for hydroxylation is 1. The number of aldehydes is 1. The van der Waals surface area contributed by atoms with Crippen LogP contribution in [-0.2, 0) is 16.0 Å². The van der Waals surface area contributed by atoms with E-state index in [2.05, 4.69) is 0 Å². The first-order valence-corrected chi connectivity index (χ1v) is 8.38. The number of Topliss-reactive ketones (excluding diaryl/α,β-unsaturated/α-hetero) is 1. The maximum Gasteiger partial charge on any atom is 0.192 e. The fourth-order valence-electron chi connectivity index (χ4n) is 2.81. The van der Waals surface area contributed by atoms with Crippen LogP contribution in [0.1, 0.15) is 16.9 Å². The Morgan fingerprint density at radius 1 is 1.15 bits per heavy atom. The number of hydrogen-bond acceptors (Lipinski definition) is 5. The van der Waals surface area contributed by atoms with Gasteiger partial charge in [-0.15, -0.1) is 0 Å². The molecule has 1 heterocycles. The number of para-hydroxylation sites is 1. The number of carbonyl (C=O) groups is 2. The van der Waals surface area contributed by atoms with Crippen molar-refractivity contribution in [2.24, 2.45) is 0 Å². The molecule has 0 bridgehead atoms. The number of ether oxygens (including phenoxy) is 1. The number of ketones is 1. The Hall–Kier alpha value is -3.47. The lowest BCUT2D eigenvalue weighted by Gasteiger charge is -2.05. The van der Waals surface area contributed by atoms with Gasteiger partial charge in [-0.3, -0.25) is 14.4 Å². The van der Waals surface area contributed by atoms with Crippen molar-refractivity contribution in [3.63, 3.8) is 0 Å². The summed E-state index contributed by atoms with van der Waals surface area (Å²) in [5.74, 6) is 0.839. The molecule has 0 aliphatic carbocycles. The molecule has 1 aromatic heterocycles. The lowest BCUT2D eigenvalue weighted by molar-refractivity contribution is -0.117. The van der Waals surface area contributed by atoms with Gasteiger partial charge in [-0.1, -0.05) is 24.3 Å². The van der Waals surface area contributed by atoms with Crippen LogP contribution in [0.25, 0.3) is 17.0 Å². The van der Waals surface area contributed by atoms with Crippen LogP contribution in [0.2, 0.25) is 0 Å². The van der Waals surface area contributed by atoms with Crippen LogP contribution in [0.5, 0.6) is 5.75 Å². The SMILES string of the molecule is COc1ccc(CC(=O)C(C=O)=Cc2cccc3c(=O)cc(C)oc23)cc1. The maximum absolute atomic E-state index is 12.5. The molecule has 136 valence electrons. The van der Waals surface area contributed by atoms with Crippen LogP contribution in [0.4, 0.5) is 0 Å². The van der Waals surface area contributed by atoms with Crippen molar-refractivity contribution >= 4 is 29.1 Å². The summed E-state index contributed by atoms with van der Waals surface area (Å²) in [7, 11) is 1.57. The Balaban J connectivity index is 1.96. The average molecular weight is 362 g/mol. The number of allylic oxidation sites excluding steroid dienone is 1. The first kappa shape index (κ1) is 18.3. The summed E-state index contributed by atoms with van der Waals surface area (Å²) in [5, 5.41) is 0.405. The molecule has 0 fully saturated rings. The van der Waals surface area contributed by atoms with Gasteiger partial charge in [0, 0.05) is 18.1 Å². The Morgan fingerprint density at radius 3 is 2.56 bits per heavy atom. The fourth-order valence-corrected chi connectivity index (χ4v) is 2.81. The third kappa shape index (κ3) is 4.03. The van der Waals surface area contributed by atoms with Gasteiger partial charge in [0.25, 0.3) is 0 Å². The van der Waals surface area contributed by atoms with Crippen molar-refractivity contribution in [1.29, 1.82) is 0 Å². The molecular weight excluding hydrogens is 344 g/mol. The van der Waals surface area contributed by atoms with Crippen molar-refractivity contribution in [3.05, 3.63) is 81.2 Å². The highest BCUT2D eigenvalue weighted by Crippen LogP contribution is 2.21. The Labute approximate surface area is 155 Å². The van der Waals surface area contributed by atoms with Gasteiger partial charge in [0.1, 0.15) is 17.1 Å². The van der Waals surface area contributed by atoms with Gasteiger partial charge in [-0.05, 0) is 36.8 Å². The largest absolute Gasteiger partial charge is 0.497 e. The van der Waals surface area contributed by atoms with E-state index in [1.54, 1.807) is 56.5 Å². The molecule has 0 unspecified atom stereocenters. The molecule has 0 aliphatic heterocycles. The lowest BCUT2D eigenvalue weighted by atomic mass is 10.0. The van der Waals surface area contributed by atoms with Gasteiger partial charge in [-0.2, -0.15) is 0 Å². The first-order chi connectivity index (χ1) is 13.0. The molecule has 0 saturated carbocycles. The summed E-state index contributed by atoms with van der Waals surface area (Å²) in [6.07, 6.45) is 2.07. The van der Waals surface area contributed by atoms with Crippen LogP contribution in [0.15, 0.2) is 63.3 Å². The monoisotopic (exact) mass is 362 g/mol. The topological polar surface area (TPSA) is 73.6 Å². The van der Waals surface area contributed by atoms with Crippen molar-refractivity contribution in [3.8, 4) is 5.75 Å². The Morgan fingerprint density at radius 2 is 1.89 bits per heavy atom. The number of fused-ring (bicyclic) bond motifs is 1. The van der Waals surface area contributed by atoms with Crippen molar-refractivity contribution in [2.75, 3.05) is 7.11 Å². The third-order valence-electron chi connectivity index (χ3n) is 4.19. The standard InChI is InChI=1S/C22H18O5/c1-14-10-21(25)19-5-3-4-16(22(19)27-14)12-17(13-23)20(24)11-15-6-8-18(26-2)9-7-15/h3-10,12-13H,11H2,1-2H3. The molecule has 27 heavy (non-hydrogen) atoms. The smallest absolute Gasteiger partial charge is 0.192 e. The molecule has 5 nitrogen and oxygen atoms in total. The Bertz CT molecular complexity index is 1090. The second-order valence-corrected chi connectivity index (χ2v) is 6.11. The quantitative estimate of drug-likeness (QED) is 0.290. The van der Waals surface area contributed by atoms with E-state index in [0.29, 0.717) is 34.3 Å².